The molecule has 0 radical (unpaired) electrons. The average molecular weight is 391 g/mol. The molecule has 1 aliphatic carbocycles. The van der Waals surface area contributed by atoms with Crippen LogP contribution in [0, 0.1) is 12.8 Å². The fourth-order valence-electron chi connectivity index (χ4n) is 3.43. The van der Waals surface area contributed by atoms with Gasteiger partial charge < -0.3 is 14.5 Å². The van der Waals surface area contributed by atoms with Crippen molar-refractivity contribution < 1.29 is 13.9 Å². The molecule has 2 aromatic rings. The van der Waals surface area contributed by atoms with Crippen LogP contribution in [0.4, 0.5) is 0 Å². The maximum Gasteiger partial charge on any atom is 0.227 e. The molecule has 0 aliphatic heterocycles. The van der Waals surface area contributed by atoms with Gasteiger partial charge in [0.1, 0.15) is 5.76 Å². The predicted molar refractivity (Wildman–Crippen MR) is 108 cm³/mol. The van der Waals surface area contributed by atoms with E-state index in [2.05, 4.69) is 24.1 Å². The number of aromatic nitrogens is 1. The predicted octanol–water partition coefficient (Wildman–Crippen LogP) is 4.74. The van der Waals surface area contributed by atoms with E-state index in [0.29, 0.717) is 23.3 Å². The standard InChI is InChI=1S/C21H30N2O3S/c1-14(2)8-10-25-19-7-5-4-6-17(19)22-20(24)12-18-15(3)26-21(23-18)16-9-11-27-13-16/h9,11,13-14,17,19H,4-8,10,12H2,1-3H3,(H,22,24). The lowest BCUT2D eigenvalue weighted by Gasteiger charge is -2.32. The van der Waals surface area contributed by atoms with Crippen molar-refractivity contribution in [1.82, 2.24) is 10.3 Å². The Labute approximate surface area is 165 Å². The van der Waals surface area contributed by atoms with E-state index >= 15 is 0 Å². The number of rotatable bonds is 8. The van der Waals surface area contributed by atoms with E-state index in [4.69, 9.17) is 9.15 Å². The Bertz CT molecular complexity index is 724. The molecule has 148 valence electrons. The van der Waals surface area contributed by atoms with Crippen molar-refractivity contribution in [1.29, 1.82) is 0 Å². The molecule has 0 bridgehead atoms. The summed E-state index contributed by atoms with van der Waals surface area (Å²) in [6, 6.07) is 2.07. The van der Waals surface area contributed by atoms with Gasteiger partial charge in [-0.3, -0.25) is 4.79 Å². The molecule has 2 aromatic heterocycles. The van der Waals surface area contributed by atoms with Crippen LogP contribution >= 0.6 is 11.3 Å². The summed E-state index contributed by atoms with van der Waals surface area (Å²) in [5.74, 6) is 1.92. The summed E-state index contributed by atoms with van der Waals surface area (Å²) in [5, 5.41) is 7.17. The van der Waals surface area contributed by atoms with E-state index in [1.807, 2.05) is 23.8 Å². The highest BCUT2D eigenvalue weighted by molar-refractivity contribution is 7.08. The number of thiophene rings is 1. The van der Waals surface area contributed by atoms with Crippen LogP contribution in [0.1, 0.15) is 57.4 Å². The summed E-state index contributed by atoms with van der Waals surface area (Å²) in [6.07, 6.45) is 5.74. The lowest BCUT2D eigenvalue weighted by Crippen LogP contribution is -2.47. The number of carbonyl (C=O) groups is 1. The number of ether oxygens (including phenoxy) is 1. The molecular weight excluding hydrogens is 360 g/mol. The molecule has 5 nitrogen and oxygen atoms in total. The molecule has 1 N–H and O–H groups in total. The second kappa shape index (κ2) is 9.51. The second-order valence-corrected chi connectivity index (χ2v) is 8.54. The summed E-state index contributed by atoms with van der Waals surface area (Å²) in [6.45, 7) is 7.03. The molecule has 27 heavy (non-hydrogen) atoms. The van der Waals surface area contributed by atoms with Crippen molar-refractivity contribution in [2.45, 2.75) is 71.4 Å². The van der Waals surface area contributed by atoms with Crippen molar-refractivity contribution in [3.05, 3.63) is 28.3 Å². The molecule has 0 saturated heterocycles. The number of aryl methyl sites for hydroxylation is 1. The first-order valence-corrected chi connectivity index (χ1v) is 10.9. The van der Waals surface area contributed by atoms with Crippen LogP contribution < -0.4 is 5.32 Å². The normalized spacial score (nSPS) is 20.1. The summed E-state index contributed by atoms with van der Waals surface area (Å²) >= 11 is 1.60. The van der Waals surface area contributed by atoms with E-state index in [0.717, 1.165) is 37.9 Å². The van der Waals surface area contributed by atoms with E-state index in [1.54, 1.807) is 11.3 Å². The fraction of sp³-hybridized carbons (Fsp3) is 0.619. The average Bonchev–Trinajstić information content (AvgIpc) is 3.26. The largest absolute Gasteiger partial charge is 0.441 e. The molecule has 3 rings (SSSR count). The highest BCUT2D eigenvalue weighted by Crippen LogP contribution is 2.25. The Hall–Kier alpha value is -1.66. The third-order valence-corrected chi connectivity index (χ3v) is 5.75. The SMILES string of the molecule is Cc1oc(-c2ccsc2)nc1CC(=O)NC1CCCCC1OCCC(C)C. The van der Waals surface area contributed by atoms with Crippen LogP contribution in [0.5, 0.6) is 0 Å². The van der Waals surface area contributed by atoms with E-state index < -0.39 is 0 Å². The van der Waals surface area contributed by atoms with Gasteiger partial charge in [-0.05, 0) is 43.6 Å². The quantitative estimate of drug-likeness (QED) is 0.707. The Morgan fingerprint density at radius 1 is 1.41 bits per heavy atom. The molecule has 1 saturated carbocycles. The highest BCUT2D eigenvalue weighted by Gasteiger charge is 2.27. The third-order valence-electron chi connectivity index (χ3n) is 5.06. The number of nitrogens with one attached hydrogen (secondary N) is 1. The van der Waals surface area contributed by atoms with Crippen LogP contribution in [-0.4, -0.2) is 29.6 Å². The van der Waals surface area contributed by atoms with Crippen molar-refractivity contribution in [2.75, 3.05) is 6.61 Å². The van der Waals surface area contributed by atoms with Gasteiger partial charge in [-0.15, -0.1) is 0 Å². The first-order valence-electron chi connectivity index (χ1n) is 9.92. The Kier molecular flexibility index (Phi) is 7.07. The van der Waals surface area contributed by atoms with Gasteiger partial charge in [0.2, 0.25) is 11.8 Å². The van der Waals surface area contributed by atoms with Crippen LogP contribution in [0.15, 0.2) is 21.2 Å². The fourth-order valence-corrected chi connectivity index (χ4v) is 4.06. The third kappa shape index (κ3) is 5.66. The van der Waals surface area contributed by atoms with E-state index in [9.17, 15) is 4.79 Å². The monoisotopic (exact) mass is 390 g/mol. The minimum atomic E-state index is -0.00683. The Morgan fingerprint density at radius 3 is 2.96 bits per heavy atom. The summed E-state index contributed by atoms with van der Waals surface area (Å²) < 4.78 is 11.8. The van der Waals surface area contributed by atoms with E-state index in [1.165, 1.54) is 6.42 Å². The van der Waals surface area contributed by atoms with Crippen molar-refractivity contribution in [2.24, 2.45) is 5.92 Å². The first kappa shape index (κ1) is 20.1. The molecule has 6 heteroatoms. The first-order chi connectivity index (χ1) is 13.0. The van der Waals surface area contributed by atoms with Crippen LogP contribution in [-0.2, 0) is 16.0 Å². The van der Waals surface area contributed by atoms with Gasteiger partial charge in [0.05, 0.1) is 24.3 Å². The second-order valence-electron chi connectivity index (χ2n) is 7.76. The zero-order valence-corrected chi connectivity index (χ0v) is 17.3. The molecular formula is C21H30N2O3S. The highest BCUT2D eigenvalue weighted by atomic mass is 32.1. The molecule has 1 aliphatic rings. The Morgan fingerprint density at radius 2 is 2.22 bits per heavy atom. The molecule has 1 fully saturated rings. The lowest BCUT2D eigenvalue weighted by atomic mass is 9.92. The van der Waals surface area contributed by atoms with E-state index in [-0.39, 0.29) is 24.5 Å². The maximum absolute atomic E-state index is 12.6. The zero-order valence-electron chi connectivity index (χ0n) is 16.5. The number of hydrogen-bond acceptors (Lipinski definition) is 5. The van der Waals surface area contributed by atoms with Crippen molar-refractivity contribution >= 4 is 17.2 Å². The number of carbonyl (C=O) groups excluding carboxylic acids is 1. The van der Waals surface area contributed by atoms with Crippen molar-refractivity contribution in [3.8, 4) is 11.5 Å². The molecule has 2 atom stereocenters. The molecule has 0 aromatic carbocycles. The molecule has 0 spiro atoms. The Balaban J connectivity index is 1.56. The molecule has 2 heterocycles. The lowest BCUT2D eigenvalue weighted by molar-refractivity contribution is -0.123. The van der Waals surface area contributed by atoms with Crippen LogP contribution in [0.3, 0.4) is 0 Å². The topological polar surface area (TPSA) is 64.4 Å². The van der Waals surface area contributed by atoms with Crippen LogP contribution in [0.25, 0.3) is 11.5 Å². The summed E-state index contributed by atoms with van der Waals surface area (Å²) in [4.78, 5) is 17.1. The number of oxazole rings is 1. The van der Waals surface area contributed by atoms with Gasteiger partial charge in [-0.1, -0.05) is 26.7 Å². The van der Waals surface area contributed by atoms with Gasteiger partial charge in [0, 0.05) is 17.6 Å². The molecule has 1 amide bonds. The minimum Gasteiger partial charge on any atom is -0.441 e. The minimum absolute atomic E-state index is 0.00683. The zero-order chi connectivity index (χ0) is 19.2. The summed E-state index contributed by atoms with van der Waals surface area (Å²) in [5.41, 5.74) is 1.67. The van der Waals surface area contributed by atoms with Gasteiger partial charge in [0.25, 0.3) is 0 Å². The molecule has 2 unspecified atom stereocenters. The number of nitrogens with zero attached hydrogens (tertiary/aromatic N) is 1. The van der Waals surface area contributed by atoms with Gasteiger partial charge in [0.15, 0.2) is 0 Å². The summed E-state index contributed by atoms with van der Waals surface area (Å²) in [7, 11) is 0. The van der Waals surface area contributed by atoms with Crippen LogP contribution in [0.2, 0.25) is 0 Å². The number of amides is 1. The van der Waals surface area contributed by atoms with Gasteiger partial charge in [-0.25, -0.2) is 4.98 Å². The van der Waals surface area contributed by atoms with Crippen molar-refractivity contribution in [3.63, 3.8) is 0 Å². The maximum atomic E-state index is 12.6. The van der Waals surface area contributed by atoms with Gasteiger partial charge in [-0.2, -0.15) is 11.3 Å². The number of hydrogen-bond donors (Lipinski definition) is 1. The smallest absolute Gasteiger partial charge is 0.227 e. The van der Waals surface area contributed by atoms with Gasteiger partial charge >= 0.3 is 0 Å².